The quantitative estimate of drug-likeness (QED) is 0.202. The van der Waals surface area contributed by atoms with Crippen molar-refractivity contribution >= 4 is 43.9 Å². The van der Waals surface area contributed by atoms with Gasteiger partial charge in [-0.05, 0) is 47.6 Å². The van der Waals surface area contributed by atoms with Crippen molar-refractivity contribution in [3.8, 4) is 0 Å². The number of furan rings is 1. The molecular weight excluding hydrogens is 404 g/mol. The van der Waals surface area contributed by atoms with Crippen LogP contribution in [0.4, 0.5) is 0 Å². The molecule has 0 aliphatic heterocycles. The smallest absolute Gasteiger partial charge is 0.348 e. The van der Waals surface area contributed by atoms with E-state index in [9.17, 15) is 9.59 Å². The minimum atomic E-state index is -0.439. The fourth-order valence-electron chi connectivity index (χ4n) is 4.24. The largest absolute Gasteiger partial charge is 0.455 e. The molecule has 5 rings (SSSR count). The third-order valence-corrected chi connectivity index (χ3v) is 6.12. The van der Waals surface area contributed by atoms with Crippen LogP contribution in [0, 0.1) is 6.92 Å². The second-order valence-corrected chi connectivity index (χ2v) is 10.7. The SMILES string of the molecule is Cc1cc2cc3oc(=O)c4c5cc(C(C)(C)C)cc(C(C)(C)C)c5oc4c3cc2oc1=O. The highest BCUT2D eigenvalue weighted by molar-refractivity contribution is 6.15. The molecule has 0 atom stereocenters. The maximum absolute atomic E-state index is 13.1. The molecule has 32 heavy (non-hydrogen) atoms. The molecule has 5 heteroatoms. The first kappa shape index (κ1) is 20.6. The summed E-state index contributed by atoms with van der Waals surface area (Å²) in [4.78, 5) is 25.2. The van der Waals surface area contributed by atoms with Gasteiger partial charge in [0.05, 0.1) is 5.39 Å². The van der Waals surface area contributed by atoms with Crippen LogP contribution < -0.4 is 11.3 Å². The van der Waals surface area contributed by atoms with Crippen molar-refractivity contribution in [1.82, 2.24) is 0 Å². The molecule has 0 saturated heterocycles. The summed E-state index contributed by atoms with van der Waals surface area (Å²) in [6.07, 6.45) is 0. The zero-order valence-corrected chi connectivity index (χ0v) is 19.4. The van der Waals surface area contributed by atoms with Crippen LogP contribution in [-0.2, 0) is 10.8 Å². The van der Waals surface area contributed by atoms with Crippen LogP contribution in [0.25, 0.3) is 43.9 Å². The molecule has 0 fully saturated rings. The van der Waals surface area contributed by atoms with Crippen molar-refractivity contribution in [3.63, 3.8) is 0 Å². The number of benzene rings is 2. The molecule has 0 aliphatic carbocycles. The summed E-state index contributed by atoms with van der Waals surface area (Å²) in [7, 11) is 0. The molecule has 0 aliphatic rings. The Balaban J connectivity index is 2.01. The van der Waals surface area contributed by atoms with E-state index >= 15 is 0 Å². The predicted molar refractivity (Wildman–Crippen MR) is 128 cm³/mol. The summed E-state index contributed by atoms with van der Waals surface area (Å²) in [5, 5.41) is 2.46. The van der Waals surface area contributed by atoms with E-state index in [0.717, 1.165) is 16.5 Å². The lowest BCUT2D eigenvalue weighted by Crippen LogP contribution is -2.16. The van der Waals surface area contributed by atoms with Gasteiger partial charge in [0.15, 0.2) is 5.58 Å². The Bertz CT molecular complexity index is 1680. The Morgan fingerprint density at radius 1 is 0.656 bits per heavy atom. The molecule has 0 unspecified atom stereocenters. The number of aryl methyl sites for hydroxylation is 1. The second kappa shape index (κ2) is 6.35. The molecule has 5 nitrogen and oxygen atoms in total. The van der Waals surface area contributed by atoms with Gasteiger partial charge in [-0.15, -0.1) is 0 Å². The molecule has 0 spiro atoms. The van der Waals surface area contributed by atoms with Crippen LogP contribution in [0.2, 0.25) is 0 Å². The first-order valence-electron chi connectivity index (χ1n) is 10.8. The summed E-state index contributed by atoms with van der Waals surface area (Å²) >= 11 is 0. The van der Waals surface area contributed by atoms with Crippen molar-refractivity contribution in [2.24, 2.45) is 0 Å². The summed E-state index contributed by atoms with van der Waals surface area (Å²) < 4.78 is 17.6. The van der Waals surface area contributed by atoms with Gasteiger partial charge in [0.1, 0.15) is 22.1 Å². The van der Waals surface area contributed by atoms with Gasteiger partial charge in [-0.2, -0.15) is 0 Å². The van der Waals surface area contributed by atoms with Gasteiger partial charge in [-0.1, -0.05) is 47.6 Å². The van der Waals surface area contributed by atoms with Crippen molar-refractivity contribution in [2.45, 2.75) is 59.3 Å². The molecule has 3 heterocycles. The highest BCUT2D eigenvalue weighted by Crippen LogP contribution is 2.41. The van der Waals surface area contributed by atoms with E-state index in [4.69, 9.17) is 13.3 Å². The molecule has 0 bridgehead atoms. The lowest BCUT2D eigenvalue weighted by atomic mass is 9.79. The Hall–Kier alpha value is -3.34. The first-order chi connectivity index (χ1) is 14.8. The van der Waals surface area contributed by atoms with E-state index in [1.165, 1.54) is 0 Å². The van der Waals surface area contributed by atoms with E-state index < -0.39 is 5.63 Å². The molecule has 0 N–H and O–H groups in total. The van der Waals surface area contributed by atoms with Gasteiger partial charge in [0, 0.05) is 21.9 Å². The van der Waals surface area contributed by atoms with Gasteiger partial charge in [-0.25, -0.2) is 9.59 Å². The van der Waals surface area contributed by atoms with Crippen LogP contribution in [0.15, 0.2) is 53.2 Å². The fourth-order valence-corrected chi connectivity index (χ4v) is 4.24. The number of hydrogen-bond donors (Lipinski definition) is 0. The van der Waals surface area contributed by atoms with Gasteiger partial charge in [-0.3, -0.25) is 0 Å². The summed E-state index contributed by atoms with van der Waals surface area (Å²) in [5.41, 5.74) is 3.49. The highest BCUT2D eigenvalue weighted by atomic mass is 16.4. The number of rotatable bonds is 0. The average molecular weight is 431 g/mol. The normalized spacial score (nSPS) is 13.1. The topological polar surface area (TPSA) is 73.6 Å². The van der Waals surface area contributed by atoms with Crippen LogP contribution >= 0.6 is 0 Å². The van der Waals surface area contributed by atoms with Crippen molar-refractivity contribution in [2.75, 3.05) is 0 Å². The lowest BCUT2D eigenvalue weighted by molar-refractivity contribution is 0.551. The Kier molecular flexibility index (Phi) is 4.08. The van der Waals surface area contributed by atoms with Crippen LogP contribution in [0.5, 0.6) is 0 Å². The molecule has 0 saturated carbocycles. The van der Waals surface area contributed by atoms with E-state index in [0.29, 0.717) is 44.1 Å². The first-order valence-corrected chi connectivity index (χ1v) is 10.8. The maximum atomic E-state index is 13.1. The molecule has 0 amide bonds. The predicted octanol–water partition coefficient (Wildman–Crippen LogP) is 6.70. The summed E-state index contributed by atoms with van der Waals surface area (Å²) in [6, 6.07) is 9.38. The van der Waals surface area contributed by atoms with Gasteiger partial charge < -0.3 is 13.3 Å². The lowest BCUT2D eigenvalue weighted by Gasteiger charge is -2.25. The Morgan fingerprint density at radius 3 is 2.00 bits per heavy atom. The van der Waals surface area contributed by atoms with Crippen molar-refractivity contribution in [3.05, 3.63) is 67.9 Å². The zero-order valence-electron chi connectivity index (χ0n) is 19.4. The third kappa shape index (κ3) is 2.99. The zero-order chi connectivity index (χ0) is 23.2. The molecule has 2 aromatic carbocycles. The average Bonchev–Trinajstić information content (AvgIpc) is 3.06. The molecular formula is C27H26O5. The molecule has 164 valence electrons. The Morgan fingerprint density at radius 2 is 1.34 bits per heavy atom. The number of hydrogen-bond acceptors (Lipinski definition) is 5. The van der Waals surface area contributed by atoms with Gasteiger partial charge in [0.25, 0.3) is 0 Å². The standard InChI is InChI=1S/C27H26O5/c1-13-8-14-9-20-16(12-19(14)30-24(13)28)23-21(25(29)31-20)17-10-15(26(2,3)4)11-18(22(17)32-23)27(5,6)7/h8-12H,1-7H3. The van der Waals surface area contributed by atoms with Crippen LogP contribution in [-0.4, -0.2) is 0 Å². The monoisotopic (exact) mass is 430 g/mol. The minimum absolute atomic E-state index is 0.105. The van der Waals surface area contributed by atoms with Crippen LogP contribution in [0.1, 0.15) is 58.2 Å². The van der Waals surface area contributed by atoms with E-state index in [1.54, 1.807) is 25.1 Å². The van der Waals surface area contributed by atoms with Crippen molar-refractivity contribution in [1.29, 1.82) is 0 Å². The Labute approximate surface area is 184 Å². The highest BCUT2D eigenvalue weighted by Gasteiger charge is 2.27. The molecule has 0 radical (unpaired) electrons. The molecule has 5 aromatic rings. The molecule has 3 aromatic heterocycles. The van der Waals surface area contributed by atoms with E-state index in [1.807, 2.05) is 6.07 Å². The fraction of sp³-hybridized carbons (Fsp3) is 0.333. The third-order valence-electron chi connectivity index (χ3n) is 6.12. The minimum Gasteiger partial charge on any atom is -0.455 e. The maximum Gasteiger partial charge on any atom is 0.348 e. The number of fused-ring (bicyclic) bond motifs is 6. The van der Waals surface area contributed by atoms with E-state index in [-0.39, 0.29) is 16.5 Å². The van der Waals surface area contributed by atoms with Gasteiger partial charge >= 0.3 is 11.3 Å². The van der Waals surface area contributed by atoms with Gasteiger partial charge in [0.2, 0.25) is 0 Å². The summed E-state index contributed by atoms with van der Waals surface area (Å²) in [6.45, 7) is 14.5. The van der Waals surface area contributed by atoms with E-state index in [2.05, 4.69) is 47.6 Å². The van der Waals surface area contributed by atoms with Crippen LogP contribution in [0.3, 0.4) is 0 Å². The summed E-state index contributed by atoms with van der Waals surface area (Å²) in [5.74, 6) is 0. The van der Waals surface area contributed by atoms with Crippen molar-refractivity contribution < 1.29 is 13.3 Å². The second-order valence-electron chi connectivity index (χ2n) is 10.7.